The van der Waals surface area contributed by atoms with Crippen molar-refractivity contribution in [2.24, 2.45) is 207 Å². The molecule has 816 valence electrons. The number of fused-ring (bicyclic) bond motifs is 30. The summed E-state index contributed by atoms with van der Waals surface area (Å²) in [5, 5.41) is 62.7. The largest absolute Gasteiger partial charge is 0.393 e. The summed E-state index contributed by atoms with van der Waals surface area (Å²) in [7, 11) is 0. The van der Waals surface area contributed by atoms with Crippen LogP contribution in [0.3, 0.4) is 0 Å². The SMILES string of the molecule is [C-]#[N+]/C(C)=C1/CC[C@H]2[C@@H]3CC[C@@H]4C[C@H](O)CC[C@]4(C)[C@H]3CC[C@]12C.[C-]#[N+]/C(C)=C1/CC[C@H]2[C@@H]3CC[C@@H]4C[C@](C)(O)CC[C@]4(C)[C@H]3CC[C@]12C.[C-]#[N+]/C(C)=C1/CC[C@H]2[C@@H]3CC[C@@H]4C[C@](C)(O)CC[C@]4(C)[C@H]3CC[C@]12C.[C-]#[N+]/C(C)=C1/CC[C@H]2[C@@H]3CC[C@H]4C[C@H](O)CC[C@]4(C)[C@H]3CC[C@]12C.[C-]#[N+]/C(C)=C1/CC[C@H]2[C@@H]3CC[C@H]4C[C@](C)(O)CC[C@]4(C)[C@H]3CC[C@]12C.[C-]#[N+]/C(C)=C1/CC[C@H]2[C@@H]3CC[C@H]4C[C@](C)(O)CC[C@]4(C)[C@H]3CC[C@]12C. The Labute approximate surface area is 901 Å². The van der Waals surface area contributed by atoms with Crippen molar-refractivity contribution < 1.29 is 30.6 Å². The fourth-order valence-electron chi connectivity index (χ4n) is 47.0. The summed E-state index contributed by atoms with van der Waals surface area (Å²) >= 11 is 0. The Morgan fingerprint density at radius 3 is 0.527 bits per heavy atom. The van der Waals surface area contributed by atoms with Crippen LogP contribution in [0.25, 0.3) is 29.1 Å². The van der Waals surface area contributed by atoms with Crippen molar-refractivity contribution in [1.29, 1.82) is 0 Å². The van der Waals surface area contributed by atoms with Crippen LogP contribution >= 0.6 is 0 Å². The zero-order chi connectivity index (χ0) is 106. The molecular formula is C136H206N6O6. The molecule has 12 heteroatoms. The van der Waals surface area contributed by atoms with Gasteiger partial charge in [0.25, 0.3) is 0 Å². The highest BCUT2D eigenvalue weighted by molar-refractivity contribution is 5.38. The standard InChI is InChI=1S/4C23H35NO.2C22H33NO/c4*1-15(24-5)18-8-9-19-17-7-6-16-14-21(2,25)12-13-22(16,3)20(17)10-11-23(18,19)4;2*1-14(23-4)18-7-8-19-17-6-5-15-13-16(24)9-11-21(15,2)20(17)10-12-22(18,19)3/h4*16-17,19-20,25H,6-14H2,1-4H3;2*15-17,19-20,24H,5-13H2,1-3H3/b4*18-15-;2*18-14-/t2*16-,17+,19+,20+,21-,22+,23-;2*16-,17-,19-,20-,21+,22-,23+;15-,16+,17-,19-,20-,21-,22+;15-,16-,17+,19+,20+,21+,22-/m110001/s1. The number of rotatable bonds is 0. The van der Waals surface area contributed by atoms with E-state index in [0.29, 0.717) is 88.7 Å². The Hall–Kier alpha value is -4.86. The number of hydrogen-bond donors (Lipinski definition) is 6. The van der Waals surface area contributed by atoms with Crippen molar-refractivity contribution in [2.45, 2.75) is 534 Å². The molecule has 0 spiro atoms. The first kappa shape index (κ1) is 111. The van der Waals surface area contributed by atoms with Crippen LogP contribution in [0, 0.1) is 246 Å². The molecule has 24 fully saturated rings. The van der Waals surface area contributed by atoms with E-state index in [-0.39, 0.29) is 12.2 Å². The van der Waals surface area contributed by atoms with Gasteiger partial charge in [-0.2, -0.15) is 0 Å². The lowest BCUT2D eigenvalue weighted by atomic mass is 9.44. The lowest BCUT2D eigenvalue weighted by molar-refractivity contribution is -0.139. The number of aliphatic hydroxyl groups excluding tert-OH is 2. The van der Waals surface area contributed by atoms with Crippen LogP contribution in [0.1, 0.15) is 499 Å². The number of hydrogen-bond acceptors (Lipinski definition) is 6. The average molecular weight is 2020 g/mol. The maximum Gasteiger partial charge on any atom is 0.162 e. The molecule has 0 amide bonds. The molecule has 24 rings (SSSR count). The summed E-state index contributed by atoms with van der Waals surface area (Å²) in [5.41, 5.74) is 17.6. The first-order chi connectivity index (χ1) is 69.6. The van der Waals surface area contributed by atoms with E-state index in [1.807, 2.05) is 41.5 Å². The van der Waals surface area contributed by atoms with Gasteiger partial charge in [0.05, 0.1) is 74.0 Å². The fraction of sp³-hybridized carbons (Fsp3) is 0.868. The Morgan fingerprint density at radius 2 is 0.358 bits per heavy atom. The maximum atomic E-state index is 10.6. The van der Waals surface area contributed by atoms with E-state index < -0.39 is 22.4 Å². The molecule has 24 saturated carbocycles. The van der Waals surface area contributed by atoms with E-state index in [2.05, 4.69) is 140 Å². The molecule has 12 nitrogen and oxygen atoms in total. The highest BCUT2D eigenvalue weighted by Gasteiger charge is 2.69. The third-order valence-electron chi connectivity index (χ3n) is 55.4. The van der Waals surface area contributed by atoms with Crippen molar-refractivity contribution in [1.82, 2.24) is 0 Å². The molecule has 0 aromatic rings. The number of aliphatic hydroxyl groups is 6. The highest BCUT2D eigenvalue weighted by Crippen LogP contribution is 2.77. The molecule has 0 unspecified atom stereocenters. The summed E-state index contributed by atoms with van der Waals surface area (Å²) in [6.45, 7) is 95.5. The minimum Gasteiger partial charge on any atom is -0.393 e. The van der Waals surface area contributed by atoms with Gasteiger partial charge in [-0.15, -0.1) is 0 Å². The molecule has 0 aliphatic heterocycles. The predicted molar refractivity (Wildman–Crippen MR) is 601 cm³/mol. The zero-order valence-electron chi connectivity index (χ0n) is 97.6. The van der Waals surface area contributed by atoms with E-state index >= 15 is 0 Å². The Kier molecular flexibility index (Phi) is 30.3. The lowest BCUT2D eigenvalue weighted by Gasteiger charge is -2.61. The third kappa shape index (κ3) is 18.5. The number of nitrogens with zero attached hydrogens (tertiary/aromatic N) is 6. The second-order valence-corrected chi connectivity index (χ2v) is 61.6. The monoisotopic (exact) mass is 2020 g/mol. The van der Waals surface area contributed by atoms with Gasteiger partial charge in [-0.1, -0.05) is 117 Å². The second kappa shape index (κ2) is 40.3. The molecule has 148 heavy (non-hydrogen) atoms. The summed E-state index contributed by atoms with van der Waals surface area (Å²) in [5.74, 6) is 19.3. The predicted octanol–water partition coefficient (Wildman–Crippen LogP) is 35.1. The Balaban J connectivity index is 0.000000112. The van der Waals surface area contributed by atoms with Crippen LogP contribution in [0.15, 0.2) is 67.6 Å². The lowest BCUT2D eigenvalue weighted by Crippen LogP contribution is -2.55. The van der Waals surface area contributed by atoms with Gasteiger partial charge in [-0.3, -0.25) is 0 Å². The van der Waals surface area contributed by atoms with Crippen LogP contribution in [-0.4, -0.2) is 65.3 Å². The fourth-order valence-corrected chi connectivity index (χ4v) is 47.0. The van der Waals surface area contributed by atoms with E-state index in [0.717, 1.165) is 268 Å². The molecule has 6 N–H and O–H groups in total. The Bertz CT molecular complexity index is 4920. The second-order valence-electron chi connectivity index (χ2n) is 61.6. The van der Waals surface area contributed by atoms with Crippen molar-refractivity contribution >= 4 is 0 Å². The maximum absolute atomic E-state index is 10.6. The molecule has 42 atom stereocenters. The zero-order valence-corrected chi connectivity index (χ0v) is 97.6. The van der Waals surface area contributed by atoms with Gasteiger partial charge >= 0.3 is 0 Å². The van der Waals surface area contributed by atoms with Crippen LogP contribution in [-0.2, 0) is 0 Å². The first-order valence-corrected chi connectivity index (χ1v) is 62.4. The van der Waals surface area contributed by atoms with Crippen LogP contribution in [0.2, 0.25) is 0 Å². The van der Waals surface area contributed by atoms with E-state index in [9.17, 15) is 30.6 Å². The molecule has 24 aliphatic carbocycles. The van der Waals surface area contributed by atoms with Gasteiger partial charge in [-0.25, -0.2) is 29.1 Å². The van der Waals surface area contributed by atoms with Gasteiger partial charge in [0.15, 0.2) is 34.2 Å². The number of allylic oxidation sites excluding steroid dienone is 12. The Morgan fingerprint density at radius 1 is 0.196 bits per heavy atom. The smallest absolute Gasteiger partial charge is 0.162 e. The van der Waals surface area contributed by atoms with Gasteiger partial charge in [0.1, 0.15) is 0 Å². The summed E-state index contributed by atoms with van der Waals surface area (Å²) in [4.78, 5) is 22.8. The van der Waals surface area contributed by atoms with Crippen molar-refractivity contribution in [3.05, 3.63) is 136 Å². The van der Waals surface area contributed by atoms with Gasteiger partial charge in [0.2, 0.25) is 0 Å². The summed E-state index contributed by atoms with van der Waals surface area (Å²) in [6, 6.07) is 0. The van der Waals surface area contributed by atoms with Crippen molar-refractivity contribution in [2.75, 3.05) is 0 Å². The van der Waals surface area contributed by atoms with Crippen LogP contribution < -0.4 is 0 Å². The first-order valence-electron chi connectivity index (χ1n) is 62.4. The average Bonchev–Trinajstić information content (AvgIpc) is 1.45. The molecule has 0 saturated heterocycles. The molecule has 0 heterocycles. The van der Waals surface area contributed by atoms with E-state index in [1.165, 1.54) is 265 Å². The van der Waals surface area contributed by atoms with Crippen molar-refractivity contribution in [3.8, 4) is 0 Å². The van der Waals surface area contributed by atoms with Gasteiger partial charge in [0, 0.05) is 0 Å². The normalized spacial score (nSPS) is 53.6. The van der Waals surface area contributed by atoms with Crippen molar-refractivity contribution in [3.63, 3.8) is 0 Å². The minimum atomic E-state index is -0.434. The molecule has 0 aromatic carbocycles. The molecule has 0 radical (unpaired) electrons. The van der Waals surface area contributed by atoms with E-state index in [4.69, 9.17) is 39.4 Å². The molecule has 0 bridgehead atoms. The minimum absolute atomic E-state index is 0.0455. The molecule has 0 aromatic heterocycles. The quantitative estimate of drug-likeness (QED) is 0.133. The van der Waals surface area contributed by atoms with Gasteiger partial charge in [-0.05, 0) is 623 Å². The van der Waals surface area contributed by atoms with Gasteiger partial charge < -0.3 is 30.6 Å². The molecule has 24 aliphatic rings. The topological polar surface area (TPSA) is 148 Å². The summed E-state index contributed by atoms with van der Waals surface area (Å²) < 4.78 is 0. The summed E-state index contributed by atoms with van der Waals surface area (Å²) in [6.07, 6.45) is 65.8. The third-order valence-corrected chi connectivity index (χ3v) is 55.4. The molecular weight excluding hydrogens is 1810 g/mol. The van der Waals surface area contributed by atoms with Crippen LogP contribution in [0.4, 0.5) is 0 Å². The van der Waals surface area contributed by atoms with E-state index in [1.54, 1.807) is 0 Å². The highest BCUT2D eigenvalue weighted by atomic mass is 16.3. The van der Waals surface area contributed by atoms with Crippen LogP contribution in [0.5, 0.6) is 0 Å².